The monoisotopic (exact) mass is 448 g/mol. The van der Waals surface area contributed by atoms with Crippen LogP contribution < -0.4 is 5.56 Å². The summed E-state index contributed by atoms with van der Waals surface area (Å²) in [6.07, 6.45) is 3.10. The molecule has 0 unspecified atom stereocenters. The zero-order chi connectivity index (χ0) is 20.1. The van der Waals surface area contributed by atoms with Crippen LogP contribution in [0.1, 0.15) is 5.69 Å². The van der Waals surface area contributed by atoms with E-state index in [4.69, 9.17) is 0 Å². The predicted molar refractivity (Wildman–Crippen MR) is 114 cm³/mol. The highest BCUT2D eigenvalue weighted by molar-refractivity contribution is 9.10. The van der Waals surface area contributed by atoms with E-state index in [2.05, 4.69) is 26.0 Å². The first-order valence-electron chi connectivity index (χ1n) is 8.95. The SMILES string of the molecule is Cc1nn2c(ncc3c(=O)n(-c4ccccc4F)ccc32)c1-c1ccc(Br)cc1. The van der Waals surface area contributed by atoms with Gasteiger partial charge in [0.2, 0.25) is 0 Å². The fourth-order valence-corrected chi connectivity index (χ4v) is 3.83. The fraction of sp³-hybridized carbons (Fsp3) is 0.0455. The van der Waals surface area contributed by atoms with E-state index in [0.717, 1.165) is 21.3 Å². The summed E-state index contributed by atoms with van der Waals surface area (Å²) in [5.74, 6) is -0.463. The largest absolute Gasteiger partial charge is 0.281 e. The van der Waals surface area contributed by atoms with E-state index in [0.29, 0.717) is 16.6 Å². The van der Waals surface area contributed by atoms with Crippen molar-refractivity contribution in [1.29, 1.82) is 0 Å². The van der Waals surface area contributed by atoms with E-state index in [1.807, 2.05) is 31.2 Å². The predicted octanol–water partition coefficient (Wildman–Crippen LogP) is 4.91. The second-order valence-corrected chi connectivity index (χ2v) is 7.62. The number of hydrogen-bond donors (Lipinski definition) is 0. The van der Waals surface area contributed by atoms with E-state index < -0.39 is 5.82 Å². The van der Waals surface area contributed by atoms with Crippen molar-refractivity contribution < 1.29 is 4.39 Å². The molecule has 29 heavy (non-hydrogen) atoms. The van der Waals surface area contributed by atoms with Gasteiger partial charge in [-0.2, -0.15) is 5.10 Å². The fourth-order valence-electron chi connectivity index (χ4n) is 3.57. The minimum absolute atomic E-state index is 0.201. The van der Waals surface area contributed by atoms with Crippen LogP contribution in [0.5, 0.6) is 0 Å². The first-order chi connectivity index (χ1) is 14.0. The summed E-state index contributed by atoms with van der Waals surface area (Å²) >= 11 is 3.45. The van der Waals surface area contributed by atoms with Gasteiger partial charge < -0.3 is 0 Å². The molecule has 0 spiro atoms. The molecule has 0 aliphatic carbocycles. The second-order valence-electron chi connectivity index (χ2n) is 6.70. The Morgan fingerprint density at radius 2 is 1.79 bits per heavy atom. The van der Waals surface area contributed by atoms with E-state index in [1.165, 1.54) is 16.8 Å². The number of halogens is 2. The summed E-state index contributed by atoms with van der Waals surface area (Å²) in [5.41, 5.74) is 3.86. The standard InChI is InChI=1S/C22H14BrFN4O/c1-13-20(14-6-8-15(23)9-7-14)21-25-12-16-18(28(21)26-13)10-11-27(22(16)29)19-5-3-2-4-17(19)24/h2-12H,1H3. The lowest BCUT2D eigenvalue weighted by Crippen LogP contribution is -2.19. The van der Waals surface area contributed by atoms with Crippen LogP contribution in [0.2, 0.25) is 0 Å². The Bertz CT molecular complexity index is 1450. The summed E-state index contributed by atoms with van der Waals surface area (Å²) in [5, 5.41) is 4.99. The molecule has 0 aliphatic rings. The second kappa shape index (κ2) is 6.63. The lowest BCUT2D eigenvalue weighted by Gasteiger charge is -2.09. The summed E-state index contributed by atoms with van der Waals surface area (Å²) in [6.45, 7) is 1.92. The van der Waals surface area contributed by atoms with E-state index in [-0.39, 0.29) is 11.2 Å². The molecule has 5 aromatic rings. The van der Waals surface area contributed by atoms with Crippen LogP contribution in [0.3, 0.4) is 0 Å². The Morgan fingerprint density at radius 3 is 2.55 bits per heavy atom. The molecule has 0 aliphatic heterocycles. The minimum Gasteiger partial charge on any atom is -0.281 e. The number of rotatable bonds is 2. The van der Waals surface area contributed by atoms with Gasteiger partial charge in [-0.25, -0.2) is 13.9 Å². The topological polar surface area (TPSA) is 52.2 Å². The molecule has 0 saturated heterocycles. The van der Waals surface area contributed by atoms with Crippen LogP contribution in [-0.2, 0) is 0 Å². The molecule has 3 aromatic heterocycles. The van der Waals surface area contributed by atoms with Crippen LogP contribution >= 0.6 is 15.9 Å². The van der Waals surface area contributed by atoms with Crippen molar-refractivity contribution in [3.05, 3.63) is 93.3 Å². The number of pyridine rings is 1. The van der Waals surface area contributed by atoms with Gasteiger partial charge in [0.05, 0.1) is 22.3 Å². The number of para-hydroxylation sites is 1. The average Bonchev–Trinajstić information content (AvgIpc) is 3.06. The van der Waals surface area contributed by atoms with Crippen LogP contribution in [-0.4, -0.2) is 19.2 Å². The molecular formula is C22H14BrFN4O. The van der Waals surface area contributed by atoms with Crippen molar-refractivity contribution in [2.24, 2.45) is 0 Å². The summed E-state index contributed by atoms with van der Waals surface area (Å²) in [4.78, 5) is 17.6. The van der Waals surface area contributed by atoms with E-state index in [1.54, 1.807) is 35.0 Å². The van der Waals surface area contributed by atoms with Gasteiger partial charge in [-0.3, -0.25) is 9.36 Å². The Hall–Kier alpha value is -3.32. The van der Waals surface area contributed by atoms with Gasteiger partial charge in [0, 0.05) is 22.4 Å². The van der Waals surface area contributed by atoms with Crippen molar-refractivity contribution in [2.75, 3.05) is 0 Å². The van der Waals surface area contributed by atoms with E-state index in [9.17, 15) is 9.18 Å². The molecule has 7 heteroatoms. The molecule has 0 radical (unpaired) electrons. The highest BCUT2D eigenvalue weighted by atomic mass is 79.9. The van der Waals surface area contributed by atoms with Gasteiger partial charge in [-0.05, 0) is 42.8 Å². The quantitative estimate of drug-likeness (QED) is 0.385. The average molecular weight is 449 g/mol. The summed E-state index contributed by atoms with van der Waals surface area (Å²) in [6, 6.07) is 15.9. The maximum absolute atomic E-state index is 14.2. The van der Waals surface area contributed by atoms with Crippen molar-refractivity contribution in [3.63, 3.8) is 0 Å². The molecule has 142 valence electrons. The third kappa shape index (κ3) is 2.77. The number of aryl methyl sites for hydroxylation is 1. The van der Waals surface area contributed by atoms with Crippen molar-refractivity contribution in [1.82, 2.24) is 19.2 Å². The number of fused-ring (bicyclic) bond motifs is 3. The molecule has 5 nitrogen and oxygen atoms in total. The number of aromatic nitrogens is 4. The smallest absolute Gasteiger partial charge is 0.266 e. The van der Waals surface area contributed by atoms with Crippen LogP contribution in [0.4, 0.5) is 4.39 Å². The van der Waals surface area contributed by atoms with Crippen LogP contribution in [0.15, 0.2) is 76.3 Å². The van der Waals surface area contributed by atoms with Gasteiger partial charge in [0.1, 0.15) is 5.82 Å². The third-order valence-corrected chi connectivity index (χ3v) is 5.46. The summed E-state index contributed by atoms with van der Waals surface area (Å²) < 4.78 is 18.1. The Kier molecular flexibility index (Phi) is 4.06. The molecule has 3 heterocycles. The maximum atomic E-state index is 14.2. The first-order valence-corrected chi connectivity index (χ1v) is 9.74. The van der Waals surface area contributed by atoms with Crippen molar-refractivity contribution >= 4 is 32.5 Å². The molecule has 0 saturated carbocycles. The molecule has 0 atom stereocenters. The Morgan fingerprint density at radius 1 is 1.03 bits per heavy atom. The van der Waals surface area contributed by atoms with Gasteiger partial charge in [0.15, 0.2) is 5.65 Å². The van der Waals surface area contributed by atoms with Gasteiger partial charge in [-0.15, -0.1) is 0 Å². The van der Waals surface area contributed by atoms with Crippen molar-refractivity contribution in [3.8, 4) is 16.8 Å². The zero-order valence-corrected chi connectivity index (χ0v) is 16.9. The third-order valence-electron chi connectivity index (χ3n) is 4.93. The molecule has 2 aromatic carbocycles. The van der Waals surface area contributed by atoms with Crippen LogP contribution in [0, 0.1) is 12.7 Å². The lowest BCUT2D eigenvalue weighted by molar-refractivity contribution is 0.616. The molecule has 0 N–H and O–H groups in total. The highest BCUT2D eigenvalue weighted by Crippen LogP contribution is 2.29. The van der Waals surface area contributed by atoms with Crippen LogP contribution in [0.25, 0.3) is 33.4 Å². The van der Waals surface area contributed by atoms with Gasteiger partial charge >= 0.3 is 0 Å². The maximum Gasteiger partial charge on any atom is 0.266 e. The van der Waals surface area contributed by atoms with Gasteiger partial charge in [0.25, 0.3) is 5.56 Å². The zero-order valence-electron chi connectivity index (χ0n) is 15.3. The van der Waals surface area contributed by atoms with Gasteiger partial charge in [-0.1, -0.05) is 40.2 Å². The molecular weight excluding hydrogens is 435 g/mol. The molecule has 0 amide bonds. The lowest BCUT2D eigenvalue weighted by atomic mass is 10.1. The van der Waals surface area contributed by atoms with Crippen molar-refractivity contribution in [2.45, 2.75) is 6.92 Å². The first kappa shape index (κ1) is 17.8. The number of hydrogen-bond acceptors (Lipinski definition) is 3. The molecule has 0 fully saturated rings. The molecule has 0 bridgehead atoms. The summed E-state index contributed by atoms with van der Waals surface area (Å²) in [7, 11) is 0. The number of nitrogens with zero attached hydrogens (tertiary/aromatic N) is 4. The Balaban J connectivity index is 1.78. The minimum atomic E-state index is -0.463. The molecule has 5 rings (SSSR count). The Labute approximate surface area is 173 Å². The van der Waals surface area contributed by atoms with E-state index >= 15 is 0 Å². The normalized spacial score (nSPS) is 11.4. The highest BCUT2D eigenvalue weighted by Gasteiger charge is 2.17. The number of benzene rings is 2.